The topological polar surface area (TPSA) is 18.5 Å². The number of ether oxygens (including phenoxy) is 2. The van der Waals surface area contributed by atoms with E-state index in [2.05, 4.69) is 97.9 Å². The quantitative estimate of drug-likeness (QED) is 0.602. The predicted molar refractivity (Wildman–Crippen MR) is 115 cm³/mol. The van der Waals surface area contributed by atoms with Crippen molar-refractivity contribution in [2.24, 2.45) is 0 Å². The van der Waals surface area contributed by atoms with Crippen LogP contribution in [-0.4, -0.2) is 25.2 Å². The van der Waals surface area contributed by atoms with Crippen LogP contribution < -0.4 is 15.9 Å². The fraction of sp³-hybridized carbons (Fsp3) is 0.250. The van der Waals surface area contributed by atoms with Crippen LogP contribution in [-0.2, 0) is 9.47 Å². The Morgan fingerprint density at radius 3 is 1.41 bits per heavy atom. The summed E-state index contributed by atoms with van der Waals surface area (Å²) in [5.41, 5.74) is 0. The number of benzene rings is 3. The lowest BCUT2D eigenvalue weighted by Gasteiger charge is -2.31. The summed E-state index contributed by atoms with van der Waals surface area (Å²) in [6.45, 7) is 3.45. The Morgan fingerprint density at radius 1 is 0.667 bits per heavy atom. The van der Waals surface area contributed by atoms with Gasteiger partial charge in [0.05, 0.1) is 19.4 Å². The second-order valence-corrected chi connectivity index (χ2v) is 10.7. The Balaban J connectivity index is 1.86. The summed E-state index contributed by atoms with van der Waals surface area (Å²) >= 11 is 0. The summed E-state index contributed by atoms with van der Waals surface area (Å²) < 4.78 is 11.9. The molecule has 0 saturated carbocycles. The molecule has 27 heavy (non-hydrogen) atoms. The van der Waals surface area contributed by atoms with Gasteiger partial charge in [-0.2, -0.15) is 0 Å². The van der Waals surface area contributed by atoms with Crippen LogP contribution >= 0.6 is 7.26 Å². The molecular weight excluding hydrogens is 351 g/mol. The van der Waals surface area contributed by atoms with E-state index in [1.807, 2.05) is 0 Å². The van der Waals surface area contributed by atoms with Gasteiger partial charge >= 0.3 is 0 Å². The third kappa shape index (κ3) is 3.71. The normalized spacial score (nSPS) is 16.3. The van der Waals surface area contributed by atoms with Crippen molar-refractivity contribution in [2.75, 3.05) is 19.4 Å². The molecule has 2 nitrogen and oxygen atoms in total. The first-order chi connectivity index (χ1) is 13.2. The van der Waals surface area contributed by atoms with Crippen molar-refractivity contribution in [3.63, 3.8) is 0 Å². The molecule has 0 aliphatic carbocycles. The molecule has 4 rings (SSSR count). The zero-order chi connectivity index (χ0) is 18.6. The molecule has 0 atom stereocenters. The van der Waals surface area contributed by atoms with Gasteiger partial charge in [-0.1, -0.05) is 54.6 Å². The summed E-state index contributed by atoms with van der Waals surface area (Å²) in [6.07, 6.45) is 1.89. The molecule has 1 heterocycles. The monoisotopic (exact) mass is 377 g/mol. The molecule has 0 amide bonds. The Kier molecular flexibility index (Phi) is 5.41. The minimum Gasteiger partial charge on any atom is -0.348 e. The summed E-state index contributed by atoms with van der Waals surface area (Å²) in [7, 11) is -1.81. The summed E-state index contributed by atoms with van der Waals surface area (Å²) in [5.74, 6) is -0.483. The second-order valence-electron chi connectivity index (χ2n) is 7.12. The van der Waals surface area contributed by atoms with E-state index in [4.69, 9.17) is 9.47 Å². The Bertz CT molecular complexity index is 747. The lowest BCUT2D eigenvalue weighted by molar-refractivity contribution is -0.142. The zero-order valence-electron chi connectivity index (χ0n) is 15.8. The van der Waals surface area contributed by atoms with Gasteiger partial charge in [0.25, 0.3) is 0 Å². The minimum absolute atomic E-state index is 0.483. The van der Waals surface area contributed by atoms with Crippen molar-refractivity contribution < 1.29 is 9.47 Å². The van der Waals surface area contributed by atoms with Crippen molar-refractivity contribution in [1.82, 2.24) is 0 Å². The van der Waals surface area contributed by atoms with Crippen molar-refractivity contribution in [3.05, 3.63) is 91.0 Å². The fourth-order valence-electron chi connectivity index (χ4n) is 3.95. The van der Waals surface area contributed by atoms with E-state index in [9.17, 15) is 0 Å². The van der Waals surface area contributed by atoms with Gasteiger partial charge in [0.1, 0.15) is 23.2 Å². The Morgan fingerprint density at radius 2 is 1.04 bits per heavy atom. The molecule has 1 aliphatic rings. The maximum atomic E-state index is 5.94. The molecule has 0 bridgehead atoms. The molecule has 138 valence electrons. The highest BCUT2D eigenvalue weighted by atomic mass is 31.2. The summed E-state index contributed by atoms with van der Waals surface area (Å²) in [4.78, 5) is 0. The molecule has 0 N–H and O–H groups in total. The highest BCUT2D eigenvalue weighted by molar-refractivity contribution is 7.95. The van der Waals surface area contributed by atoms with Crippen LogP contribution in [0.2, 0.25) is 0 Å². The third-order valence-corrected chi connectivity index (χ3v) is 9.82. The Hall–Kier alpha value is -1.99. The largest absolute Gasteiger partial charge is 0.348 e. The summed E-state index contributed by atoms with van der Waals surface area (Å²) in [6, 6.07) is 32.9. The number of hydrogen-bond donors (Lipinski definition) is 0. The van der Waals surface area contributed by atoms with Crippen LogP contribution in [0.1, 0.15) is 13.3 Å². The molecule has 3 aromatic rings. The molecule has 1 saturated heterocycles. The molecule has 1 fully saturated rings. The Labute approximate surface area is 162 Å². The average Bonchev–Trinajstić information content (AvgIpc) is 3.18. The minimum atomic E-state index is -1.81. The van der Waals surface area contributed by atoms with E-state index in [0.717, 1.165) is 12.6 Å². The molecule has 0 radical (unpaired) electrons. The molecule has 1 aliphatic heterocycles. The number of hydrogen-bond acceptors (Lipinski definition) is 2. The van der Waals surface area contributed by atoms with Gasteiger partial charge < -0.3 is 9.47 Å². The van der Waals surface area contributed by atoms with Crippen LogP contribution in [0.4, 0.5) is 0 Å². The first-order valence-corrected chi connectivity index (χ1v) is 11.5. The highest BCUT2D eigenvalue weighted by Crippen LogP contribution is 2.56. The highest BCUT2D eigenvalue weighted by Gasteiger charge is 2.47. The molecule has 0 spiro atoms. The fourth-order valence-corrected chi connectivity index (χ4v) is 8.41. The molecule has 3 aromatic carbocycles. The van der Waals surface area contributed by atoms with Gasteiger partial charge in [0, 0.05) is 6.42 Å². The maximum Gasteiger partial charge on any atom is 0.169 e. The predicted octanol–water partition coefficient (Wildman–Crippen LogP) is 4.13. The first-order valence-electron chi connectivity index (χ1n) is 9.56. The van der Waals surface area contributed by atoms with Gasteiger partial charge in [-0.3, -0.25) is 0 Å². The van der Waals surface area contributed by atoms with E-state index in [0.29, 0.717) is 13.2 Å². The smallest absolute Gasteiger partial charge is 0.169 e. The molecular formula is C24H26O2P+. The molecule has 3 heteroatoms. The van der Waals surface area contributed by atoms with E-state index >= 15 is 0 Å². The van der Waals surface area contributed by atoms with E-state index in [1.54, 1.807) is 0 Å². The van der Waals surface area contributed by atoms with Gasteiger partial charge in [-0.15, -0.1) is 0 Å². The van der Waals surface area contributed by atoms with Crippen LogP contribution in [0.3, 0.4) is 0 Å². The van der Waals surface area contributed by atoms with E-state index in [-0.39, 0.29) is 0 Å². The maximum absolute atomic E-state index is 5.94. The summed E-state index contributed by atoms with van der Waals surface area (Å²) in [5, 5.41) is 4.22. The molecule has 0 aromatic heterocycles. The average molecular weight is 377 g/mol. The second kappa shape index (κ2) is 7.94. The van der Waals surface area contributed by atoms with E-state index < -0.39 is 13.0 Å². The van der Waals surface area contributed by atoms with Gasteiger partial charge in [-0.25, -0.2) is 0 Å². The van der Waals surface area contributed by atoms with Crippen molar-refractivity contribution in [2.45, 2.75) is 19.1 Å². The number of rotatable bonds is 6. The zero-order valence-corrected chi connectivity index (χ0v) is 16.6. The SMILES string of the molecule is CC1(CC[P+](c2ccccc2)(c2ccccc2)c2ccccc2)OCCO1. The van der Waals surface area contributed by atoms with Gasteiger partial charge in [0.15, 0.2) is 5.79 Å². The van der Waals surface area contributed by atoms with Gasteiger partial charge in [0.2, 0.25) is 0 Å². The van der Waals surface area contributed by atoms with Crippen LogP contribution in [0.15, 0.2) is 91.0 Å². The molecule has 0 unspecified atom stereocenters. The van der Waals surface area contributed by atoms with Crippen molar-refractivity contribution in [1.29, 1.82) is 0 Å². The third-order valence-electron chi connectivity index (χ3n) is 5.39. The van der Waals surface area contributed by atoms with Crippen LogP contribution in [0, 0.1) is 0 Å². The van der Waals surface area contributed by atoms with Crippen molar-refractivity contribution in [3.8, 4) is 0 Å². The van der Waals surface area contributed by atoms with E-state index in [1.165, 1.54) is 15.9 Å². The standard InChI is InChI=1S/C24H26O2P/c1-24(25-18-19-26-24)17-20-27(21-11-5-2-6-12-21,22-13-7-3-8-14-22)23-15-9-4-10-16-23/h2-16H,17-20H2,1H3/q+1. The lowest BCUT2D eigenvalue weighted by atomic mass is 10.2. The van der Waals surface area contributed by atoms with Crippen LogP contribution in [0.5, 0.6) is 0 Å². The van der Waals surface area contributed by atoms with Gasteiger partial charge in [-0.05, 0) is 43.3 Å². The lowest BCUT2D eigenvalue weighted by Crippen LogP contribution is -2.37. The first kappa shape index (κ1) is 18.4. The van der Waals surface area contributed by atoms with Crippen molar-refractivity contribution >= 4 is 23.2 Å². The van der Waals surface area contributed by atoms with Crippen LogP contribution in [0.25, 0.3) is 0 Å².